The topological polar surface area (TPSA) is 29.5 Å². The third kappa shape index (κ3) is 12.7. The maximum Gasteiger partial charge on any atom is 0.306 e. The van der Waals surface area contributed by atoms with Crippen molar-refractivity contribution in [1.82, 2.24) is 4.90 Å². The van der Waals surface area contributed by atoms with Gasteiger partial charge in [-0.25, -0.2) is 0 Å². The van der Waals surface area contributed by atoms with Gasteiger partial charge in [-0.05, 0) is 58.9 Å². The van der Waals surface area contributed by atoms with Gasteiger partial charge in [-0.2, -0.15) is 0 Å². The van der Waals surface area contributed by atoms with E-state index in [2.05, 4.69) is 63.8 Å². The number of unbranched alkanes of at least 4 members (excludes halogenated alkanes) is 14. The number of ether oxygens (including phenoxy) is 1. The van der Waals surface area contributed by atoms with Crippen LogP contribution in [0.25, 0.3) is 0 Å². The van der Waals surface area contributed by atoms with Gasteiger partial charge in [-0.15, -0.1) is 0 Å². The molecule has 0 N–H and O–H groups in total. The van der Waals surface area contributed by atoms with Crippen LogP contribution in [0.4, 0.5) is 0 Å². The van der Waals surface area contributed by atoms with Crippen LogP contribution in [-0.4, -0.2) is 28.5 Å². The lowest BCUT2D eigenvalue weighted by Gasteiger charge is -2.53. The van der Waals surface area contributed by atoms with E-state index in [0.717, 1.165) is 24.9 Å². The third-order valence-electron chi connectivity index (χ3n) is 8.82. The Labute approximate surface area is 236 Å². The summed E-state index contributed by atoms with van der Waals surface area (Å²) in [6, 6.07) is 10.4. The molecule has 1 saturated heterocycles. The number of carbonyl (C=O) groups is 1. The molecule has 0 radical (unpaired) electrons. The second kappa shape index (κ2) is 18.1. The number of rotatable bonds is 20. The van der Waals surface area contributed by atoms with Crippen molar-refractivity contribution in [3.8, 4) is 0 Å². The van der Waals surface area contributed by atoms with Crippen LogP contribution in [0.3, 0.4) is 0 Å². The first-order valence-electron chi connectivity index (χ1n) is 16.3. The van der Waals surface area contributed by atoms with Crippen molar-refractivity contribution in [3.63, 3.8) is 0 Å². The molecule has 1 aromatic rings. The van der Waals surface area contributed by atoms with Crippen molar-refractivity contribution in [2.24, 2.45) is 0 Å². The Morgan fingerprint density at radius 3 is 1.66 bits per heavy atom. The van der Waals surface area contributed by atoms with Crippen molar-refractivity contribution in [3.05, 3.63) is 35.9 Å². The molecule has 3 nitrogen and oxygen atoms in total. The van der Waals surface area contributed by atoms with Crippen LogP contribution in [0.15, 0.2) is 30.3 Å². The Hall–Kier alpha value is -1.35. The minimum Gasteiger partial charge on any atom is -0.456 e. The standard InChI is InChI=1S/C35H61NO2/c1-6-7-8-9-10-11-12-13-14-15-16-17-18-19-23-27-33(37)38-32(31-25-21-20-22-26-31)30-36-34(2,3)28-24-29-35(36,4)5/h20-22,25-26,32H,6-19,23-24,27-30H2,1-5H3. The van der Waals surface area contributed by atoms with Gasteiger partial charge in [0.15, 0.2) is 0 Å². The van der Waals surface area contributed by atoms with E-state index < -0.39 is 0 Å². The highest BCUT2D eigenvalue weighted by atomic mass is 16.5. The van der Waals surface area contributed by atoms with Crippen LogP contribution in [0, 0.1) is 0 Å². The fraction of sp³-hybridized carbons (Fsp3) is 0.800. The van der Waals surface area contributed by atoms with Crippen molar-refractivity contribution in [2.45, 2.75) is 174 Å². The molecule has 0 aliphatic carbocycles. The van der Waals surface area contributed by atoms with Crippen LogP contribution in [-0.2, 0) is 9.53 Å². The lowest BCUT2D eigenvalue weighted by Crippen LogP contribution is -2.59. The van der Waals surface area contributed by atoms with Gasteiger partial charge in [0.2, 0.25) is 0 Å². The SMILES string of the molecule is CCCCCCCCCCCCCCCCCC(=O)OC(CN1C(C)(C)CCCC1(C)C)c1ccccc1. The summed E-state index contributed by atoms with van der Waals surface area (Å²) in [5.74, 6) is -0.0406. The number of hydrogen-bond donors (Lipinski definition) is 0. The van der Waals surface area contributed by atoms with E-state index in [9.17, 15) is 4.79 Å². The van der Waals surface area contributed by atoms with Gasteiger partial charge in [0.25, 0.3) is 0 Å². The van der Waals surface area contributed by atoms with Gasteiger partial charge >= 0.3 is 5.97 Å². The average Bonchev–Trinajstić information content (AvgIpc) is 2.88. The third-order valence-corrected chi connectivity index (χ3v) is 8.82. The van der Waals surface area contributed by atoms with E-state index in [0.29, 0.717) is 6.42 Å². The van der Waals surface area contributed by atoms with Crippen LogP contribution in [0.1, 0.15) is 168 Å². The zero-order valence-corrected chi connectivity index (χ0v) is 25.9. The monoisotopic (exact) mass is 527 g/mol. The molecule has 0 bridgehead atoms. The predicted molar refractivity (Wildman–Crippen MR) is 164 cm³/mol. The van der Waals surface area contributed by atoms with E-state index in [1.807, 2.05) is 6.07 Å². The minimum absolute atomic E-state index is 0.0406. The summed E-state index contributed by atoms with van der Waals surface area (Å²) in [5.41, 5.74) is 1.32. The summed E-state index contributed by atoms with van der Waals surface area (Å²) in [6.45, 7) is 12.4. The zero-order chi connectivity index (χ0) is 27.7. The fourth-order valence-electron chi connectivity index (χ4n) is 6.44. The molecule has 0 aromatic heterocycles. The molecule has 1 heterocycles. The van der Waals surface area contributed by atoms with Gasteiger partial charge in [-0.3, -0.25) is 9.69 Å². The van der Waals surface area contributed by atoms with E-state index >= 15 is 0 Å². The number of esters is 1. The van der Waals surface area contributed by atoms with Crippen LogP contribution >= 0.6 is 0 Å². The first kappa shape index (κ1) is 32.9. The lowest BCUT2D eigenvalue weighted by molar-refractivity contribution is -0.154. The summed E-state index contributed by atoms with van der Waals surface area (Å²) in [5, 5.41) is 0. The summed E-state index contributed by atoms with van der Waals surface area (Å²) < 4.78 is 6.16. The van der Waals surface area contributed by atoms with Crippen LogP contribution < -0.4 is 0 Å². The molecule has 1 aromatic carbocycles. The largest absolute Gasteiger partial charge is 0.456 e. The van der Waals surface area contributed by atoms with Crippen molar-refractivity contribution in [1.29, 1.82) is 0 Å². The molecule has 0 spiro atoms. The molecule has 2 rings (SSSR count). The Bertz CT molecular complexity index is 726. The zero-order valence-electron chi connectivity index (χ0n) is 25.9. The van der Waals surface area contributed by atoms with Crippen LogP contribution in [0.2, 0.25) is 0 Å². The Balaban J connectivity index is 1.63. The number of likely N-dealkylation sites (tertiary alicyclic amines) is 1. The second-order valence-electron chi connectivity index (χ2n) is 13.2. The van der Waals surface area contributed by atoms with Crippen molar-refractivity contribution < 1.29 is 9.53 Å². The molecule has 1 unspecified atom stereocenters. The predicted octanol–water partition coefficient (Wildman–Crippen LogP) is 10.6. The van der Waals surface area contributed by atoms with E-state index in [1.54, 1.807) is 0 Å². The van der Waals surface area contributed by atoms with E-state index in [4.69, 9.17) is 4.74 Å². The number of carbonyl (C=O) groups excluding carboxylic acids is 1. The number of nitrogens with zero attached hydrogens (tertiary/aromatic N) is 1. The molecule has 0 amide bonds. The first-order chi connectivity index (χ1) is 18.3. The first-order valence-corrected chi connectivity index (χ1v) is 16.3. The molecule has 1 aliphatic rings. The highest BCUT2D eigenvalue weighted by molar-refractivity contribution is 5.69. The van der Waals surface area contributed by atoms with Crippen molar-refractivity contribution in [2.75, 3.05) is 6.54 Å². The fourth-order valence-corrected chi connectivity index (χ4v) is 6.44. The van der Waals surface area contributed by atoms with Crippen LogP contribution in [0.5, 0.6) is 0 Å². The summed E-state index contributed by atoms with van der Waals surface area (Å²) in [4.78, 5) is 15.5. The molecule has 218 valence electrons. The summed E-state index contributed by atoms with van der Waals surface area (Å²) in [6.07, 6.45) is 24.0. The number of piperidine rings is 1. The maximum absolute atomic E-state index is 12.9. The maximum atomic E-state index is 12.9. The number of benzene rings is 1. The smallest absolute Gasteiger partial charge is 0.306 e. The van der Waals surface area contributed by atoms with Gasteiger partial charge in [0.1, 0.15) is 6.10 Å². The molecule has 3 heteroatoms. The van der Waals surface area contributed by atoms with E-state index in [-0.39, 0.29) is 23.2 Å². The quantitative estimate of drug-likeness (QED) is 0.125. The number of hydrogen-bond acceptors (Lipinski definition) is 3. The summed E-state index contributed by atoms with van der Waals surface area (Å²) in [7, 11) is 0. The Kier molecular flexibility index (Phi) is 15.6. The average molecular weight is 528 g/mol. The summed E-state index contributed by atoms with van der Waals surface area (Å²) >= 11 is 0. The Morgan fingerprint density at radius 1 is 0.737 bits per heavy atom. The molecule has 1 aliphatic heterocycles. The Morgan fingerprint density at radius 2 is 1.18 bits per heavy atom. The van der Waals surface area contributed by atoms with E-state index in [1.165, 1.54) is 103 Å². The highest BCUT2D eigenvalue weighted by Crippen LogP contribution is 2.40. The van der Waals surface area contributed by atoms with Gasteiger partial charge < -0.3 is 4.74 Å². The molecule has 1 atom stereocenters. The van der Waals surface area contributed by atoms with Gasteiger partial charge in [0.05, 0.1) is 0 Å². The van der Waals surface area contributed by atoms with Gasteiger partial charge in [-0.1, -0.05) is 127 Å². The van der Waals surface area contributed by atoms with Gasteiger partial charge in [0, 0.05) is 24.0 Å². The molecule has 1 fully saturated rings. The molecule has 0 saturated carbocycles. The molecular weight excluding hydrogens is 466 g/mol. The molecule has 38 heavy (non-hydrogen) atoms. The normalized spacial score (nSPS) is 17.8. The van der Waals surface area contributed by atoms with Crippen molar-refractivity contribution >= 4 is 5.97 Å². The molecular formula is C35H61NO2. The highest BCUT2D eigenvalue weighted by Gasteiger charge is 2.42. The second-order valence-corrected chi connectivity index (χ2v) is 13.2. The lowest BCUT2D eigenvalue weighted by atomic mass is 9.79. The minimum atomic E-state index is -0.211.